The molecule has 0 radical (unpaired) electrons. The van der Waals surface area contributed by atoms with Gasteiger partial charge in [-0.1, -0.05) is 0 Å². The molecule has 1 heterocycles. The van der Waals surface area contributed by atoms with Gasteiger partial charge in [-0.2, -0.15) is 13.2 Å². The lowest BCUT2D eigenvalue weighted by Crippen LogP contribution is -2.45. The third-order valence-electron chi connectivity index (χ3n) is 4.49. The van der Waals surface area contributed by atoms with E-state index in [0.717, 1.165) is 5.56 Å². The number of guanidine groups is 1. The van der Waals surface area contributed by atoms with E-state index in [9.17, 15) is 13.2 Å². The molecule has 0 saturated carbocycles. The Morgan fingerprint density at radius 2 is 1.79 bits per heavy atom. The molecular formula is C18H28F3IN4O3. The molecule has 166 valence electrons. The molecule has 1 aliphatic rings. The molecule has 1 atom stereocenters. The second kappa shape index (κ2) is 11.5. The number of nitrogens with one attached hydrogen (secondary N) is 2. The van der Waals surface area contributed by atoms with Gasteiger partial charge in [0.25, 0.3) is 0 Å². The van der Waals surface area contributed by atoms with Crippen molar-refractivity contribution in [2.45, 2.75) is 25.2 Å². The van der Waals surface area contributed by atoms with Crippen LogP contribution in [0.3, 0.4) is 0 Å². The first-order valence-corrected chi connectivity index (χ1v) is 8.84. The highest BCUT2D eigenvalue weighted by Gasteiger charge is 2.34. The maximum atomic E-state index is 12.5. The topological polar surface area (TPSA) is 67.4 Å². The molecular weight excluding hydrogens is 504 g/mol. The number of ether oxygens (including phenoxy) is 3. The van der Waals surface area contributed by atoms with Gasteiger partial charge in [-0.3, -0.25) is 9.89 Å². The molecule has 0 aliphatic carbocycles. The first kappa shape index (κ1) is 25.4. The summed E-state index contributed by atoms with van der Waals surface area (Å²) < 4.78 is 53.7. The van der Waals surface area contributed by atoms with E-state index in [1.807, 2.05) is 0 Å². The summed E-state index contributed by atoms with van der Waals surface area (Å²) in [7, 11) is 6.28. The van der Waals surface area contributed by atoms with Crippen LogP contribution in [0, 0.1) is 0 Å². The van der Waals surface area contributed by atoms with Crippen molar-refractivity contribution < 1.29 is 27.4 Å². The number of hydrogen-bond acceptors (Lipinski definition) is 5. The van der Waals surface area contributed by atoms with E-state index >= 15 is 0 Å². The highest BCUT2D eigenvalue weighted by atomic mass is 127. The number of nitrogens with zero attached hydrogens (tertiary/aromatic N) is 2. The second-order valence-electron chi connectivity index (χ2n) is 6.42. The fourth-order valence-electron chi connectivity index (χ4n) is 3.16. The van der Waals surface area contributed by atoms with Gasteiger partial charge in [-0.25, -0.2) is 0 Å². The van der Waals surface area contributed by atoms with Crippen LogP contribution in [0.4, 0.5) is 13.2 Å². The van der Waals surface area contributed by atoms with Gasteiger partial charge in [0.2, 0.25) is 0 Å². The Hall–Kier alpha value is -1.63. The highest BCUT2D eigenvalue weighted by molar-refractivity contribution is 14.0. The Bertz CT molecular complexity index is 664. The number of likely N-dealkylation sites (tertiary alicyclic amines) is 1. The van der Waals surface area contributed by atoms with Gasteiger partial charge in [-0.15, -0.1) is 24.0 Å². The number of methoxy groups -OCH3 is 3. The first-order valence-electron chi connectivity index (χ1n) is 8.84. The fourth-order valence-corrected chi connectivity index (χ4v) is 3.16. The zero-order chi connectivity index (χ0) is 20.7. The smallest absolute Gasteiger partial charge is 0.401 e. The summed E-state index contributed by atoms with van der Waals surface area (Å²) in [4.78, 5) is 5.55. The van der Waals surface area contributed by atoms with Crippen LogP contribution in [0.15, 0.2) is 17.1 Å². The SMILES string of the molecule is CN=C(NCc1c(OC)cc(OC)cc1OC)NC1CCN(CC(F)(F)F)C1.I. The summed E-state index contributed by atoms with van der Waals surface area (Å²) in [6.07, 6.45) is -3.57. The summed E-state index contributed by atoms with van der Waals surface area (Å²) in [5.41, 5.74) is 0.777. The molecule has 1 aliphatic heterocycles. The summed E-state index contributed by atoms with van der Waals surface area (Å²) >= 11 is 0. The third-order valence-corrected chi connectivity index (χ3v) is 4.49. The molecule has 0 amide bonds. The van der Waals surface area contributed by atoms with Crippen molar-refractivity contribution in [1.29, 1.82) is 0 Å². The lowest BCUT2D eigenvalue weighted by atomic mass is 10.1. The van der Waals surface area contributed by atoms with Crippen LogP contribution in [0.5, 0.6) is 17.2 Å². The van der Waals surface area contributed by atoms with Gasteiger partial charge < -0.3 is 24.8 Å². The molecule has 1 fully saturated rings. The van der Waals surface area contributed by atoms with Gasteiger partial charge in [0.05, 0.1) is 40.0 Å². The van der Waals surface area contributed by atoms with Gasteiger partial charge in [0.1, 0.15) is 17.2 Å². The van der Waals surface area contributed by atoms with Crippen LogP contribution in [0.2, 0.25) is 0 Å². The van der Waals surface area contributed by atoms with Crippen molar-refractivity contribution in [3.8, 4) is 17.2 Å². The van der Waals surface area contributed by atoms with E-state index in [-0.39, 0.29) is 30.0 Å². The number of aliphatic imine (C=N–C) groups is 1. The van der Waals surface area contributed by atoms with Crippen molar-refractivity contribution in [3.63, 3.8) is 0 Å². The van der Waals surface area contributed by atoms with Crippen molar-refractivity contribution in [2.75, 3.05) is 48.0 Å². The minimum absolute atomic E-state index is 0. The number of halogens is 4. The van der Waals surface area contributed by atoms with E-state index in [1.165, 1.54) is 4.90 Å². The summed E-state index contributed by atoms with van der Waals surface area (Å²) in [6, 6.07) is 3.40. The molecule has 0 bridgehead atoms. The minimum atomic E-state index is -4.18. The molecule has 1 unspecified atom stereocenters. The maximum absolute atomic E-state index is 12.5. The Morgan fingerprint density at radius 1 is 1.17 bits per heavy atom. The van der Waals surface area contributed by atoms with Gasteiger partial charge in [-0.05, 0) is 6.42 Å². The van der Waals surface area contributed by atoms with E-state index in [2.05, 4.69) is 15.6 Å². The van der Waals surface area contributed by atoms with Crippen LogP contribution < -0.4 is 24.8 Å². The van der Waals surface area contributed by atoms with E-state index in [0.29, 0.717) is 49.3 Å². The monoisotopic (exact) mass is 532 g/mol. The van der Waals surface area contributed by atoms with E-state index < -0.39 is 12.7 Å². The lowest BCUT2D eigenvalue weighted by Gasteiger charge is -2.21. The standard InChI is InChI=1S/C18H27F3N4O3.HI/c1-22-17(24-12-5-6-25(10-12)11-18(19,20)21)23-9-14-15(27-3)7-13(26-2)8-16(14)28-4;/h7-8,12H,5-6,9-11H2,1-4H3,(H2,22,23,24);1H. The van der Waals surface area contributed by atoms with E-state index in [4.69, 9.17) is 14.2 Å². The molecule has 0 spiro atoms. The average Bonchev–Trinajstić information content (AvgIpc) is 3.09. The zero-order valence-corrected chi connectivity index (χ0v) is 19.3. The van der Waals surface area contributed by atoms with Crippen molar-refractivity contribution in [1.82, 2.24) is 15.5 Å². The Morgan fingerprint density at radius 3 is 2.28 bits per heavy atom. The molecule has 2 rings (SSSR count). The summed E-state index contributed by atoms with van der Waals surface area (Å²) in [6.45, 7) is 0.177. The molecule has 7 nitrogen and oxygen atoms in total. The second-order valence-corrected chi connectivity index (χ2v) is 6.42. The maximum Gasteiger partial charge on any atom is 0.401 e. The molecule has 1 aromatic rings. The summed E-state index contributed by atoms with van der Waals surface area (Å²) in [5, 5.41) is 6.33. The Balaban J connectivity index is 0.00000420. The van der Waals surface area contributed by atoms with Gasteiger partial charge in [0.15, 0.2) is 5.96 Å². The summed E-state index contributed by atoms with van der Waals surface area (Å²) in [5.74, 6) is 2.29. The number of rotatable bonds is 7. The van der Waals surface area contributed by atoms with Crippen LogP contribution in [0.25, 0.3) is 0 Å². The van der Waals surface area contributed by atoms with Crippen molar-refractivity contribution in [3.05, 3.63) is 17.7 Å². The third kappa shape index (κ3) is 7.61. The molecule has 1 saturated heterocycles. The van der Waals surface area contributed by atoms with Crippen LogP contribution in [-0.2, 0) is 6.54 Å². The Labute approximate surface area is 186 Å². The highest BCUT2D eigenvalue weighted by Crippen LogP contribution is 2.33. The van der Waals surface area contributed by atoms with Crippen LogP contribution in [0.1, 0.15) is 12.0 Å². The zero-order valence-electron chi connectivity index (χ0n) is 16.9. The number of alkyl halides is 3. The predicted molar refractivity (Wildman–Crippen MR) is 116 cm³/mol. The minimum Gasteiger partial charge on any atom is -0.496 e. The molecule has 1 aromatic carbocycles. The average molecular weight is 532 g/mol. The number of hydrogen-bond donors (Lipinski definition) is 2. The number of benzene rings is 1. The van der Waals surface area contributed by atoms with Crippen LogP contribution in [-0.4, -0.2) is 71.1 Å². The Kier molecular flexibility index (Phi) is 10.1. The molecule has 2 N–H and O–H groups in total. The quantitative estimate of drug-likeness (QED) is 0.320. The van der Waals surface area contributed by atoms with Crippen LogP contribution >= 0.6 is 24.0 Å². The van der Waals surface area contributed by atoms with Crippen molar-refractivity contribution >= 4 is 29.9 Å². The van der Waals surface area contributed by atoms with Gasteiger partial charge >= 0.3 is 6.18 Å². The predicted octanol–water partition coefficient (Wildman–Crippen LogP) is 2.63. The van der Waals surface area contributed by atoms with Gasteiger partial charge in [0, 0.05) is 38.3 Å². The lowest BCUT2D eigenvalue weighted by molar-refractivity contribution is -0.143. The normalized spacial score (nSPS) is 17.5. The van der Waals surface area contributed by atoms with Crippen molar-refractivity contribution in [2.24, 2.45) is 4.99 Å². The fraction of sp³-hybridized carbons (Fsp3) is 0.611. The largest absolute Gasteiger partial charge is 0.496 e. The van der Waals surface area contributed by atoms with E-state index in [1.54, 1.807) is 40.5 Å². The first-order chi connectivity index (χ1) is 13.3. The molecule has 0 aromatic heterocycles. The molecule has 11 heteroatoms. The molecule has 29 heavy (non-hydrogen) atoms.